The van der Waals surface area contributed by atoms with Gasteiger partial charge in [-0.1, -0.05) is 18.2 Å². The molecule has 3 aromatic rings. The summed E-state index contributed by atoms with van der Waals surface area (Å²) >= 11 is 0. The maximum atomic E-state index is 13.8. The molecule has 44 heavy (non-hydrogen) atoms. The molecule has 0 unspecified atom stereocenters. The summed E-state index contributed by atoms with van der Waals surface area (Å²) in [5, 5.41) is 22.6. The Kier molecular flexibility index (Phi) is 9.10. The van der Waals surface area contributed by atoms with Gasteiger partial charge >= 0.3 is 12.1 Å². The van der Waals surface area contributed by atoms with Crippen molar-refractivity contribution in [2.45, 2.75) is 70.6 Å². The van der Waals surface area contributed by atoms with Crippen molar-refractivity contribution in [2.75, 3.05) is 19.7 Å². The highest BCUT2D eigenvalue weighted by Crippen LogP contribution is 2.36. The number of carboxylic acid groups (broad SMARTS) is 1. The number of rotatable bonds is 8. The third-order valence-corrected chi connectivity index (χ3v) is 8.35. The second-order valence-electron chi connectivity index (χ2n) is 11.4. The van der Waals surface area contributed by atoms with Gasteiger partial charge in [-0.2, -0.15) is 18.3 Å². The Morgan fingerprint density at radius 1 is 1.11 bits per heavy atom. The number of allylic oxidation sites excluding steroid dienone is 1. The molecule has 1 aromatic carbocycles. The fourth-order valence-electron chi connectivity index (χ4n) is 6.05. The van der Waals surface area contributed by atoms with Crippen molar-refractivity contribution in [3.63, 3.8) is 0 Å². The number of aryl methyl sites for hydroxylation is 1. The van der Waals surface area contributed by atoms with E-state index in [-0.39, 0.29) is 11.7 Å². The predicted molar refractivity (Wildman–Crippen MR) is 156 cm³/mol. The molecule has 3 heterocycles. The topological polar surface area (TPSA) is 118 Å². The third kappa shape index (κ3) is 6.64. The van der Waals surface area contributed by atoms with Crippen LogP contribution in [0, 0.1) is 6.92 Å². The first kappa shape index (κ1) is 31.2. The van der Waals surface area contributed by atoms with E-state index in [0.717, 1.165) is 54.6 Å². The van der Waals surface area contributed by atoms with E-state index in [1.54, 1.807) is 17.0 Å². The van der Waals surface area contributed by atoms with Gasteiger partial charge in [-0.3, -0.25) is 4.79 Å². The summed E-state index contributed by atoms with van der Waals surface area (Å²) in [6.07, 6.45) is -0.289. The summed E-state index contributed by atoms with van der Waals surface area (Å²) in [5.41, 5.74) is 2.28. The Bertz CT molecular complexity index is 1570. The number of aliphatic hydroxyl groups is 1. The van der Waals surface area contributed by atoms with Crippen molar-refractivity contribution in [3.05, 3.63) is 76.2 Å². The van der Waals surface area contributed by atoms with Crippen molar-refractivity contribution < 1.29 is 37.7 Å². The smallest absolute Gasteiger partial charge is 0.434 e. The lowest BCUT2D eigenvalue weighted by atomic mass is 9.88. The average Bonchev–Trinajstić information content (AvgIpc) is 3.47. The molecule has 5 rings (SSSR count). The number of alkyl halides is 3. The van der Waals surface area contributed by atoms with Crippen molar-refractivity contribution in [1.82, 2.24) is 19.7 Å². The minimum atomic E-state index is -4.94. The molecule has 1 saturated heterocycles. The Labute approximate surface area is 253 Å². The molecule has 12 heteroatoms. The molecule has 1 aliphatic heterocycles. The third-order valence-electron chi connectivity index (χ3n) is 8.35. The molecule has 2 aromatic heterocycles. The number of ether oxygens (including phenoxy) is 1. The van der Waals surface area contributed by atoms with Crippen LogP contribution in [0.2, 0.25) is 0 Å². The molecule has 1 fully saturated rings. The Morgan fingerprint density at radius 3 is 2.50 bits per heavy atom. The van der Waals surface area contributed by atoms with Crippen LogP contribution >= 0.6 is 0 Å². The Morgan fingerprint density at radius 2 is 1.84 bits per heavy atom. The summed E-state index contributed by atoms with van der Waals surface area (Å²) in [5.74, 6) is -1.02. The van der Waals surface area contributed by atoms with Gasteiger partial charge in [0.2, 0.25) is 0 Å². The second kappa shape index (κ2) is 12.8. The number of aliphatic hydroxyl groups excluding tert-OH is 1. The molecule has 0 bridgehead atoms. The van der Waals surface area contributed by atoms with Crippen LogP contribution in [0.5, 0.6) is 5.75 Å². The Hall–Kier alpha value is -4.19. The lowest BCUT2D eigenvalue weighted by Crippen LogP contribution is -2.42. The minimum absolute atomic E-state index is 0.117. The number of hydrogen-bond acceptors (Lipinski definition) is 6. The van der Waals surface area contributed by atoms with Crippen LogP contribution in [-0.4, -0.2) is 67.6 Å². The number of nitrogens with zero attached hydrogens (tertiary/aromatic N) is 4. The quantitative estimate of drug-likeness (QED) is 0.331. The number of halogens is 3. The molecule has 9 nitrogen and oxygen atoms in total. The summed E-state index contributed by atoms with van der Waals surface area (Å²) in [4.78, 5) is 29.7. The number of hydrogen-bond donors (Lipinski definition) is 2. The lowest BCUT2D eigenvalue weighted by molar-refractivity contribution is -0.143. The molecule has 1 aliphatic carbocycles. The number of carboxylic acids is 1. The molecule has 234 valence electrons. The molecule has 2 N–H and O–H groups in total. The second-order valence-corrected chi connectivity index (χ2v) is 11.4. The van der Waals surface area contributed by atoms with Gasteiger partial charge in [-0.25, -0.2) is 14.5 Å². The van der Waals surface area contributed by atoms with Gasteiger partial charge in [-0.15, -0.1) is 0 Å². The first-order chi connectivity index (χ1) is 20.9. The summed E-state index contributed by atoms with van der Waals surface area (Å²) in [6, 6.07) is 10.8. The van der Waals surface area contributed by atoms with Gasteiger partial charge in [-0.05, 0) is 98.8 Å². The maximum absolute atomic E-state index is 13.8. The number of benzene rings is 1. The summed E-state index contributed by atoms with van der Waals surface area (Å²) in [7, 11) is 0. The first-order valence-electron chi connectivity index (χ1n) is 14.7. The van der Waals surface area contributed by atoms with Gasteiger partial charge < -0.3 is 19.8 Å². The van der Waals surface area contributed by atoms with Gasteiger partial charge in [0.25, 0.3) is 5.91 Å². The largest absolute Gasteiger partial charge is 0.489 e. The maximum Gasteiger partial charge on any atom is 0.434 e. The van der Waals surface area contributed by atoms with E-state index in [0.29, 0.717) is 48.6 Å². The number of carbonyl (C=O) groups is 2. The van der Waals surface area contributed by atoms with Crippen LogP contribution in [-0.2, 0) is 11.0 Å². The number of aromatic nitrogens is 3. The monoisotopic (exact) mass is 612 g/mol. The molecule has 2 aliphatic rings. The van der Waals surface area contributed by atoms with Crippen molar-refractivity contribution in [1.29, 1.82) is 0 Å². The molecule has 1 atom stereocenters. The van der Waals surface area contributed by atoms with E-state index >= 15 is 0 Å². The first-order valence-corrected chi connectivity index (χ1v) is 14.7. The highest BCUT2D eigenvalue weighted by atomic mass is 19.4. The number of piperidine rings is 1. The minimum Gasteiger partial charge on any atom is -0.489 e. The molecule has 0 saturated carbocycles. The highest BCUT2D eigenvalue weighted by molar-refractivity contribution is 5.89. The Balaban J connectivity index is 1.33. The number of carbonyl (C=O) groups excluding carboxylic acids is 1. The zero-order valence-electron chi connectivity index (χ0n) is 24.6. The van der Waals surface area contributed by atoms with E-state index in [9.17, 15) is 33.0 Å². The van der Waals surface area contributed by atoms with Gasteiger partial charge in [0, 0.05) is 13.1 Å². The number of amides is 1. The normalized spacial score (nSPS) is 17.1. The molecule has 1 amide bonds. The fraction of sp³-hybridized carbons (Fsp3) is 0.438. The van der Waals surface area contributed by atoms with E-state index in [1.807, 2.05) is 19.1 Å². The van der Waals surface area contributed by atoms with Gasteiger partial charge in [0.15, 0.2) is 11.5 Å². The molecular weight excluding hydrogens is 577 g/mol. The van der Waals surface area contributed by atoms with Crippen molar-refractivity contribution >= 4 is 17.4 Å². The zero-order valence-corrected chi connectivity index (χ0v) is 24.6. The van der Waals surface area contributed by atoms with Crippen molar-refractivity contribution in [3.8, 4) is 11.6 Å². The van der Waals surface area contributed by atoms with Crippen molar-refractivity contribution in [2.24, 2.45) is 0 Å². The van der Waals surface area contributed by atoms with Crippen LogP contribution in [0.3, 0.4) is 0 Å². The molecular formula is C32H35F3N4O5. The van der Waals surface area contributed by atoms with Crippen LogP contribution in [0.15, 0.2) is 48.2 Å². The van der Waals surface area contributed by atoms with Gasteiger partial charge in [0.05, 0.1) is 11.9 Å². The number of likely N-dealkylation sites (tertiary alicyclic amines) is 1. The van der Waals surface area contributed by atoms with Crippen LogP contribution < -0.4 is 4.74 Å². The van der Waals surface area contributed by atoms with E-state index in [1.165, 1.54) is 18.6 Å². The number of pyridine rings is 1. The fourth-order valence-corrected chi connectivity index (χ4v) is 6.05. The van der Waals surface area contributed by atoms with Crippen LogP contribution in [0.1, 0.15) is 84.2 Å². The van der Waals surface area contributed by atoms with Crippen LogP contribution in [0.25, 0.3) is 11.4 Å². The van der Waals surface area contributed by atoms with Gasteiger partial charge in [0.1, 0.15) is 24.0 Å². The summed E-state index contributed by atoms with van der Waals surface area (Å²) < 4.78 is 48.2. The summed E-state index contributed by atoms with van der Waals surface area (Å²) in [6.45, 7) is 5.00. The molecule has 0 spiro atoms. The number of aromatic carboxylic acids is 1. The van der Waals surface area contributed by atoms with E-state index in [2.05, 4.69) is 16.1 Å². The zero-order chi connectivity index (χ0) is 31.6. The SMILES string of the molecule is Cc1cc(C2CCN(C(=O)[C@@H](C)O)CC2)ccc1OCC1=C(c2cccc(-n3ncc(C(=O)O)c3C(F)(F)F)n2)CCCC1. The lowest BCUT2D eigenvalue weighted by Gasteiger charge is -2.33. The highest BCUT2D eigenvalue weighted by Gasteiger charge is 2.41. The molecule has 0 radical (unpaired) electrons. The van der Waals surface area contributed by atoms with E-state index in [4.69, 9.17) is 4.74 Å². The van der Waals surface area contributed by atoms with Crippen LogP contribution in [0.4, 0.5) is 13.2 Å². The predicted octanol–water partition coefficient (Wildman–Crippen LogP) is 5.79. The average molecular weight is 613 g/mol. The van der Waals surface area contributed by atoms with E-state index < -0.39 is 29.5 Å². The standard InChI is InChI=1S/C32H35F3N4O5/c1-19-16-22(21-12-14-38(15-13-21)30(41)20(2)40)10-11-27(19)44-18-23-6-3-4-7-24(23)26-8-5-9-28(37-26)39-29(32(33,34)35)25(17-36-39)31(42)43/h5,8-11,16-17,20-21,40H,3-4,6-7,12-15,18H2,1-2H3,(H,42,43)/t20-/m1/s1.